The fourth-order valence-electron chi connectivity index (χ4n) is 3.90. The predicted octanol–water partition coefficient (Wildman–Crippen LogP) is 5.17. The molecule has 1 atom stereocenters. The lowest BCUT2D eigenvalue weighted by atomic mass is 9.94. The third-order valence-electron chi connectivity index (χ3n) is 5.54. The van der Waals surface area contributed by atoms with Gasteiger partial charge in [0, 0.05) is 15.7 Å². The molecular weight excluding hydrogens is 486 g/mol. The Kier molecular flexibility index (Phi) is 6.16. The quantitative estimate of drug-likeness (QED) is 0.229. The number of Topliss-reactive ketones (excluding diaryl/α,β-unsaturated/α-hetero) is 1. The van der Waals surface area contributed by atoms with Gasteiger partial charge >= 0.3 is 5.97 Å². The summed E-state index contributed by atoms with van der Waals surface area (Å²) in [6, 6.07) is 19.6. The van der Waals surface area contributed by atoms with E-state index in [-0.39, 0.29) is 16.9 Å². The number of hydrogen-bond acceptors (Lipinski definition) is 5. The zero-order valence-electron chi connectivity index (χ0n) is 17.9. The zero-order valence-corrected chi connectivity index (χ0v) is 19.5. The third-order valence-corrected chi connectivity index (χ3v) is 6.43. The number of esters is 1. The standard InChI is InChI=1S/C26H20BrNO5/c1-15-13-17(11-12-20(15)27)23(29)21-22(16-7-4-3-5-8-16)28(25(31)24(21)30)19-10-6-9-18(14-19)26(32)33-2/h3-14,22,29H,1-2H3/b23-21+. The smallest absolute Gasteiger partial charge is 0.337 e. The molecule has 7 heteroatoms. The van der Waals surface area contributed by atoms with Gasteiger partial charge in [0.05, 0.1) is 24.3 Å². The van der Waals surface area contributed by atoms with Crippen LogP contribution in [0, 0.1) is 6.92 Å². The zero-order chi connectivity index (χ0) is 23.7. The van der Waals surface area contributed by atoms with Crippen molar-refractivity contribution >= 4 is 45.0 Å². The number of ketones is 1. The van der Waals surface area contributed by atoms with Gasteiger partial charge < -0.3 is 9.84 Å². The molecule has 0 aromatic heterocycles. The predicted molar refractivity (Wildman–Crippen MR) is 128 cm³/mol. The molecule has 1 saturated heterocycles. The highest BCUT2D eigenvalue weighted by molar-refractivity contribution is 9.10. The maximum atomic E-state index is 13.2. The van der Waals surface area contributed by atoms with Crippen molar-refractivity contribution in [3.63, 3.8) is 0 Å². The Bertz CT molecular complexity index is 1300. The van der Waals surface area contributed by atoms with Crippen molar-refractivity contribution < 1.29 is 24.2 Å². The molecule has 1 aliphatic rings. The highest BCUT2D eigenvalue weighted by atomic mass is 79.9. The van der Waals surface area contributed by atoms with E-state index in [0.717, 1.165) is 10.0 Å². The van der Waals surface area contributed by atoms with Crippen molar-refractivity contribution in [2.24, 2.45) is 0 Å². The second-order valence-electron chi connectivity index (χ2n) is 7.59. The summed E-state index contributed by atoms with van der Waals surface area (Å²) in [5, 5.41) is 11.2. The molecule has 1 aliphatic heterocycles. The van der Waals surface area contributed by atoms with E-state index in [4.69, 9.17) is 4.74 Å². The van der Waals surface area contributed by atoms with Crippen LogP contribution in [0.3, 0.4) is 0 Å². The highest BCUT2D eigenvalue weighted by Gasteiger charge is 2.47. The van der Waals surface area contributed by atoms with Crippen molar-refractivity contribution in [1.82, 2.24) is 0 Å². The number of carbonyl (C=O) groups is 3. The van der Waals surface area contributed by atoms with Crippen molar-refractivity contribution in [2.75, 3.05) is 12.0 Å². The first-order valence-corrected chi connectivity index (χ1v) is 10.9. The summed E-state index contributed by atoms with van der Waals surface area (Å²) in [7, 11) is 1.27. The second-order valence-corrected chi connectivity index (χ2v) is 8.44. The first-order chi connectivity index (χ1) is 15.8. The number of amides is 1. The van der Waals surface area contributed by atoms with Crippen LogP contribution in [-0.4, -0.2) is 29.9 Å². The number of anilines is 1. The van der Waals surface area contributed by atoms with Gasteiger partial charge in [-0.25, -0.2) is 4.79 Å². The summed E-state index contributed by atoms with van der Waals surface area (Å²) in [6.07, 6.45) is 0. The van der Waals surface area contributed by atoms with E-state index in [0.29, 0.717) is 16.8 Å². The van der Waals surface area contributed by atoms with Crippen LogP contribution >= 0.6 is 15.9 Å². The number of hydrogen-bond donors (Lipinski definition) is 1. The molecular formula is C26H20BrNO5. The van der Waals surface area contributed by atoms with Crippen LogP contribution in [0.5, 0.6) is 0 Å². The topological polar surface area (TPSA) is 83.9 Å². The Hall–Kier alpha value is -3.71. The van der Waals surface area contributed by atoms with E-state index >= 15 is 0 Å². The lowest BCUT2D eigenvalue weighted by molar-refractivity contribution is -0.132. The van der Waals surface area contributed by atoms with Gasteiger partial charge in [-0.05, 0) is 48.4 Å². The minimum atomic E-state index is -0.872. The van der Waals surface area contributed by atoms with Gasteiger partial charge in [-0.2, -0.15) is 0 Å². The van der Waals surface area contributed by atoms with Crippen molar-refractivity contribution in [1.29, 1.82) is 0 Å². The van der Waals surface area contributed by atoms with Gasteiger partial charge in [0.25, 0.3) is 11.7 Å². The van der Waals surface area contributed by atoms with Gasteiger partial charge in [-0.3, -0.25) is 14.5 Å². The van der Waals surface area contributed by atoms with E-state index in [9.17, 15) is 19.5 Å². The van der Waals surface area contributed by atoms with Crippen LogP contribution in [0.15, 0.2) is 82.8 Å². The Morgan fingerprint density at radius 3 is 2.36 bits per heavy atom. The Labute approximate surface area is 199 Å². The van der Waals surface area contributed by atoms with Crippen LogP contribution in [0.25, 0.3) is 5.76 Å². The summed E-state index contributed by atoms with van der Waals surface area (Å²) in [6.45, 7) is 1.87. The molecule has 3 aromatic rings. The summed E-state index contributed by atoms with van der Waals surface area (Å²) in [5.41, 5.74) is 2.52. The number of carbonyl (C=O) groups excluding carboxylic acids is 3. The minimum absolute atomic E-state index is 0.0172. The molecule has 1 fully saturated rings. The first kappa shape index (κ1) is 22.5. The molecule has 0 saturated carbocycles. The number of ether oxygens (including phenoxy) is 1. The molecule has 0 bridgehead atoms. The number of aliphatic hydroxyl groups is 1. The van der Waals surface area contributed by atoms with Crippen LogP contribution < -0.4 is 4.90 Å². The number of nitrogens with zero attached hydrogens (tertiary/aromatic N) is 1. The van der Waals surface area contributed by atoms with Gasteiger partial charge in [0.2, 0.25) is 0 Å². The molecule has 3 aromatic carbocycles. The summed E-state index contributed by atoms with van der Waals surface area (Å²) in [4.78, 5) is 39.8. The molecule has 166 valence electrons. The van der Waals surface area contributed by atoms with Gasteiger partial charge in [0.15, 0.2) is 0 Å². The van der Waals surface area contributed by atoms with E-state index < -0.39 is 23.7 Å². The van der Waals surface area contributed by atoms with Crippen LogP contribution in [0.1, 0.15) is 33.1 Å². The Morgan fingerprint density at radius 2 is 1.70 bits per heavy atom. The van der Waals surface area contributed by atoms with E-state index in [1.165, 1.54) is 18.1 Å². The van der Waals surface area contributed by atoms with Crippen LogP contribution in [0.4, 0.5) is 5.69 Å². The number of halogens is 1. The van der Waals surface area contributed by atoms with Crippen LogP contribution in [-0.2, 0) is 14.3 Å². The van der Waals surface area contributed by atoms with Crippen molar-refractivity contribution in [3.8, 4) is 0 Å². The van der Waals surface area contributed by atoms with Crippen molar-refractivity contribution in [2.45, 2.75) is 13.0 Å². The molecule has 1 amide bonds. The van der Waals surface area contributed by atoms with Gasteiger partial charge in [-0.15, -0.1) is 0 Å². The third kappa shape index (κ3) is 4.07. The molecule has 0 radical (unpaired) electrons. The summed E-state index contributed by atoms with van der Waals surface area (Å²) < 4.78 is 5.65. The summed E-state index contributed by atoms with van der Waals surface area (Å²) in [5.74, 6) is -2.41. The lowest BCUT2D eigenvalue weighted by Gasteiger charge is -2.25. The fraction of sp³-hybridized carbons (Fsp3) is 0.115. The molecule has 0 spiro atoms. The Morgan fingerprint density at radius 1 is 0.970 bits per heavy atom. The fourth-order valence-corrected chi connectivity index (χ4v) is 4.14. The maximum absolute atomic E-state index is 13.2. The molecule has 1 unspecified atom stereocenters. The van der Waals surface area contributed by atoms with Gasteiger partial charge in [0.1, 0.15) is 5.76 Å². The average molecular weight is 506 g/mol. The number of rotatable bonds is 4. The number of aliphatic hydroxyl groups excluding tert-OH is 1. The van der Waals surface area contributed by atoms with E-state index in [1.54, 1.807) is 60.7 Å². The number of methoxy groups -OCH3 is 1. The number of aryl methyl sites for hydroxylation is 1. The first-order valence-electron chi connectivity index (χ1n) is 10.1. The minimum Gasteiger partial charge on any atom is -0.507 e. The molecule has 0 aliphatic carbocycles. The van der Waals surface area contributed by atoms with Crippen LogP contribution in [0.2, 0.25) is 0 Å². The Balaban J connectivity index is 1.93. The molecule has 33 heavy (non-hydrogen) atoms. The molecule has 1 N–H and O–H groups in total. The van der Waals surface area contributed by atoms with Gasteiger partial charge in [-0.1, -0.05) is 58.4 Å². The molecule has 6 nitrogen and oxygen atoms in total. The van der Waals surface area contributed by atoms with E-state index in [1.807, 2.05) is 13.0 Å². The second kappa shape index (κ2) is 9.03. The normalized spacial score (nSPS) is 17.3. The lowest BCUT2D eigenvalue weighted by Crippen LogP contribution is -2.29. The van der Waals surface area contributed by atoms with Crippen molar-refractivity contribution in [3.05, 3.63) is 105 Å². The largest absolute Gasteiger partial charge is 0.507 e. The van der Waals surface area contributed by atoms with E-state index in [2.05, 4.69) is 15.9 Å². The highest BCUT2D eigenvalue weighted by Crippen LogP contribution is 2.42. The number of benzene rings is 3. The summed E-state index contributed by atoms with van der Waals surface area (Å²) >= 11 is 3.43. The SMILES string of the molecule is COC(=O)c1cccc(N2C(=O)C(=O)/C(=C(/O)c3ccc(Br)c(C)c3)C2c2ccccc2)c1. The molecule has 4 rings (SSSR count). The monoisotopic (exact) mass is 505 g/mol. The molecule has 1 heterocycles. The maximum Gasteiger partial charge on any atom is 0.337 e. The average Bonchev–Trinajstić information content (AvgIpc) is 3.11.